The van der Waals surface area contributed by atoms with Gasteiger partial charge in [-0.05, 0) is 12.8 Å². The highest BCUT2D eigenvalue weighted by Gasteiger charge is 2.19. The van der Waals surface area contributed by atoms with Gasteiger partial charge >= 0.3 is 0 Å². The Bertz CT molecular complexity index is 1020. The van der Waals surface area contributed by atoms with Crippen LogP contribution in [0.2, 0.25) is 0 Å². The van der Waals surface area contributed by atoms with Gasteiger partial charge in [-0.1, -0.05) is 43.7 Å². The van der Waals surface area contributed by atoms with Gasteiger partial charge in [0.05, 0.1) is 18.9 Å². The molecule has 0 unspecified atom stereocenters. The highest BCUT2D eigenvalue weighted by atomic mass is 32.1. The van der Waals surface area contributed by atoms with E-state index in [4.69, 9.17) is 9.72 Å². The van der Waals surface area contributed by atoms with Gasteiger partial charge in [0.15, 0.2) is 4.96 Å². The predicted octanol–water partition coefficient (Wildman–Crippen LogP) is 4.12. The molecule has 0 bridgehead atoms. The normalized spacial score (nSPS) is 15.0. The summed E-state index contributed by atoms with van der Waals surface area (Å²) in [5, 5.41) is 2.17. The lowest BCUT2D eigenvalue weighted by molar-refractivity contribution is -0.132. The second-order valence-corrected chi connectivity index (χ2v) is 9.89. The monoisotopic (exact) mass is 454 g/mol. The van der Waals surface area contributed by atoms with Gasteiger partial charge in [0, 0.05) is 68.4 Å². The number of rotatable bonds is 9. The van der Waals surface area contributed by atoms with Crippen LogP contribution < -0.4 is 0 Å². The van der Waals surface area contributed by atoms with Crippen LogP contribution in [0.1, 0.15) is 31.5 Å². The molecule has 2 aromatic heterocycles. The number of thiazole rings is 1. The van der Waals surface area contributed by atoms with Crippen molar-refractivity contribution in [2.24, 2.45) is 5.92 Å². The number of aryl methyl sites for hydroxylation is 1. The molecule has 0 radical (unpaired) electrons. The third kappa shape index (κ3) is 5.77. The fourth-order valence-corrected chi connectivity index (χ4v) is 4.96. The lowest BCUT2D eigenvalue weighted by atomic mass is 10.1. The molecule has 0 saturated carbocycles. The maximum absolute atomic E-state index is 12.9. The Kier molecular flexibility index (Phi) is 7.60. The first-order valence-corrected chi connectivity index (χ1v) is 12.5. The molecule has 1 aliphatic rings. The summed E-state index contributed by atoms with van der Waals surface area (Å²) in [6, 6.07) is 8.49. The minimum Gasteiger partial charge on any atom is -0.379 e. The average Bonchev–Trinajstić information content (AvgIpc) is 3.36. The van der Waals surface area contributed by atoms with Crippen LogP contribution in [0.5, 0.6) is 0 Å². The Balaban J connectivity index is 1.44. The Morgan fingerprint density at radius 1 is 1.19 bits per heavy atom. The van der Waals surface area contributed by atoms with Crippen molar-refractivity contribution < 1.29 is 9.53 Å². The molecule has 0 spiro atoms. The number of aromatic nitrogens is 2. The molecule has 32 heavy (non-hydrogen) atoms. The number of nitrogens with zero attached hydrogens (tertiary/aromatic N) is 4. The van der Waals surface area contributed by atoms with Gasteiger partial charge in [0.2, 0.25) is 5.91 Å². The molecule has 4 rings (SSSR count). The third-order valence-corrected chi connectivity index (χ3v) is 6.88. The molecule has 3 heterocycles. The van der Waals surface area contributed by atoms with E-state index in [1.165, 1.54) is 11.3 Å². The fraction of sp³-hybridized carbons (Fsp3) is 0.520. The van der Waals surface area contributed by atoms with E-state index < -0.39 is 0 Å². The number of imidazole rings is 1. The minimum absolute atomic E-state index is 0.255. The lowest BCUT2D eigenvalue weighted by Gasteiger charge is -2.30. The molecular formula is C25H34N4O2S. The third-order valence-electron chi connectivity index (χ3n) is 5.99. The highest BCUT2D eigenvalue weighted by Crippen LogP contribution is 2.24. The van der Waals surface area contributed by atoms with Gasteiger partial charge in [-0.15, -0.1) is 11.3 Å². The number of carbonyl (C=O) groups is 1. The number of hydrogen-bond donors (Lipinski definition) is 0. The topological polar surface area (TPSA) is 50.1 Å². The van der Waals surface area contributed by atoms with Crippen molar-refractivity contribution in [2.45, 2.75) is 33.6 Å². The minimum atomic E-state index is 0.255. The van der Waals surface area contributed by atoms with E-state index in [1.54, 1.807) is 11.3 Å². The molecule has 1 aliphatic heterocycles. The van der Waals surface area contributed by atoms with Crippen molar-refractivity contribution in [1.82, 2.24) is 19.2 Å². The zero-order valence-electron chi connectivity index (χ0n) is 19.4. The SMILES string of the molecule is Cc1ccc(-c2cn3c(CCN(CCN4CCOCC4)C(=O)CC(C)C)csc3n2)cc1. The predicted molar refractivity (Wildman–Crippen MR) is 130 cm³/mol. The quantitative estimate of drug-likeness (QED) is 0.488. The zero-order chi connectivity index (χ0) is 22.5. The summed E-state index contributed by atoms with van der Waals surface area (Å²) in [6.07, 6.45) is 3.56. The first kappa shape index (κ1) is 23.0. The standard InChI is InChI=1S/C25H34N4O2S/c1-19(2)16-24(30)28(11-10-27-12-14-31-15-13-27)9-8-22-18-32-25-26-23(17-29(22)25)21-6-4-20(3)5-7-21/h4-7,17-19H,8-16H2,1-3H3. The number of carbonyl (C=O) groups excluding carboxylic acids is 1. The van der Waals surface area contributed by atoms with Gasteiger partial charge in [0.25, 0.3) is 0 Å². The van der Waals surface area contributed by atoms with Crippen LogP contribution in [-0.4, -0.2) is 71.0 Å². The number of amides is 1. The molecule has 0 atom stereocenters. The second kappa shape index (κ2) is 10.6. The van der Waals surface area contributed by atoms with Crippen LogP contribution in [0.4, 0.5) is 0 Å². The van der Waals surface area contributed by atoms with E-state index in [2.05, 4.69) is 70.8 Å². The van der Waals surface area contributed by atoms with Gasteiger partial charge < -0.3 is 9.64 Å². The van der Waals surface area contributed by atoms with Crippen molar-refractivity contribution in [2.75, 3.05) is 45.9 Å². The Morgan fingerprint density at radius 3 is 2.66 bits per heavy atom. The zero-order valence-corrected chi connectivity index (χ0v) is 20.2. The number of hydrogen-bond acceptors (Lipinski definition) is 5. The average molecular weight is 455 g/mol. The summed E-state index contributed by atoms with van der Waals surface area (Å²) in [5.74, 6) is 0.623. The fourth-order valence-electron chi connectivity index (χ4n) is 4.05. The van der Waals surface area contributed by atoms with Crippen LogP contribution in [0.25, 0.3) is 16.2 Å². The Labute approximate surface area is 194 Å². The largest absolute Gasteiger partial charge is 0.379 e. The van der Waals surface area contributed by atoms with Crippen LogP contribution in [-0.2, 0) is 16.0 Å². The first-order chi connectivity index (χ1) is 15.5. The maximum atomic E-state index is 12.9. The van der Waals surface area contributed by atoms with E-state index >= 15 is 0 Å². The number of benzene rings is 1. The molecule has 6 nitrogen and oxygen atoms in total. The highest BCUT2D eigenvalue weighted by molar-refractivity contribution is 7.15. The Morgan fingerprint density at radius 2 is 1.94 bits per heavy atom. The second-order valence-electron chi connectivity index (χ2n) is 9.05. The van der Waals surface area contributed by atoms with Gasteiger partial charge in [-0.2, -0.15) is 0 Å². The number of fused-ring (bicyclic) bond motifs is 1. The van der Waals surface area contributed by atoms with Crippen LogP contribution >= 0.6 is 11.3 Å². The molecule has 0 aliphatic carbocycles. The smallest absolute Gasteiger partial charge is 0.222 e. The van der Waals surface area contributed by atoms with E-state index in [9.17, 15) is 4.79 Å². The molecule has 0 N–H and O–H groups in total. The van der Waals surface area contributed by atoms with E-state index in [0.717, 1.165) is 68.6 Å². The summed E-state index contributed by atoms with van der Waals surface area (Å²) in [6.45, 7) is 12.2. The van der Waals surface area contributed by atoms with E-state index in [0.29, 0.717) is 12.3 Å². The van der Waals surface area contributed by atoms with Crippen molar-refractivity contribution in [3.8, 4) is 11.3 Å². The van der Waals surface area contributed by atoms with Crippen LogP contribution in [0.15, 0.2) is 35.8 Å². The summed E-state index contributed by atoms with van der Waals surface area (Å²) in [4.78, 5) is 23.2. The molecule has 3 aromatic rings. The van der Waals surface area contributed by atoms with Crippen LogP contribution in [0.3, 0.4) is 0 Å². The molecule has 172 valence electrons. The molecule has 1 fully saturated rings. The maximum Gasteiger partial charge on any atom is 0.222 e. The molecule has 1 amide bonds. The molecule has 1 saturated heterocycles. The van der Waals surface area contributed by atoms with Gasteiger partial charge in [-0.3, -0.25) is 14.1 Å². The lowest BCUT2D eigenvalue weighted by Crippen LogP contribution is -2.43. The molecule has 7 heteroatoms. The molecular weight excluding hydrogens is 420 g/mol. The summed E-state index contributed by atoms with van der Waals surface area (Å²) < 4.78 is 7.64. The number of morpholine rings is 1. The summed E-state index contributed by atoms with van der Waals surface area (Å²) in [5.41, 5.74) is 4.60. The van der Waals surface area contributed by atoms with E-state index in [1.807, 2.05) is 0 Å². The van der Waals surface area contributed by atoms with Gasteiger partial charge in [-0.25, -0.2) is 4.98 Å². The molecule has 1 aromatic carbocycles. The van der Waals surface area contributed by atoms with Crippen LogP contribution in [0, 0.1) is 12.8 Å². The summed E-state index contributed by atoms with van der Waals surface area (Å²) in [7, 11) is 0. The van der Waals surface area contributed by atoms with E-state index in [-0.39, 0.29) is 5.91 Å². The van der Waals surface area contributed by atoms with Crippen molar-refractivity contribution in [1.29, 1.82) is 0 Å². The Hall–Kier alpha value is -2.22. The number of ether oxygens (including phenoxy) is 1. The van der Waals surface area contributed by atoms with Crippen molar-refractivity contribution >= 4 is 22.2 Å². The van der Waals surface area contributed by atoms with Crippen molar-refractivity contribution in [3.05, 3.63) is 47.1 Å². The van der Waals surface area contributed by atoms with Gasteiger partial charge in [0.1, 0.15) is 0 Å². The van der Waals surface area contributed by atoms with Crippen molar-refractivity contribution in [3.63, 3.8) is 0 Å². The summed E-state index contributed by atoms with van der Waals surface area (Å²) >= 11 is 1.67. The first-order valence-electron chi connectivity index (χ1n) is 11.6.